The molecule has 1 aromatic rings. The Hall–Kier alpha value is -0.960. The first-order valence-corrected chi connectivity index (χ1v) is 6.73. The van der Waals surface area contributed by atoms with Crippen molar-refractivity contribution in [1.29, 1.82) is 0 Å². The Morgan fingerprint density at radius 1 is 1.11 bits per heavy atom. The van der Waals surface area contributed by atoms with Crippen molar-refractivity contribution in [2.75, 3.05) is 0 Å². The van der Waals surface area contributed by atoms with Gasteiger partial charge in [0.1, 0.15) is 0 Å². The molecular weight excluding hydrogens is 232 g/mol. The molecule has 0 fully saturated rings. The molecule has 0 bridgehead atoms. The molecule has 0 aliphatic rings. The second-order valence-corrected chi connectivity index (χ2v) is 4.82. The normalized spacial score (nSPS) is 12.9. The summed E-state index contributed by atoms with van der Waals surface area (Å²) >= 11 is 0. The highest BCUT2D eigenvalue weighted by atomic mass is 19.3. The van der Waals surface area contributed by atoms with Gasteiger partial charge in [0.2, 0.25) is 0 Å². The van der Waals surface area contributed by atoms with Gasteiger partial charge < -0.3 is 5.32 Å². The van der Waals surface area contributed by atoms with E-state index in [4.69, 9.17) is 0 Å². The molecule has 102 valence electrons. The largest absolute Gasteiger partial charge is 0.310 e. The van der Waals surface area contributed by atoms with E-state index in [1.54, 1.807) is 12.1 Å². The molecule has 18 heavy (non-hydrogen) atoms. The average molecular weight is 255 g/mol. The molecule has 0 saturated carbocycles. The third kappa shape index (κ3) is 5.58. The lowest BCUT2D eigenvalue weighted by Crippen LogP contribution is -2.25. The summed E-state index contributed by atoms with van der Waals surface area (Å²) in [6, 6.07) is 7.03. The van der Waals surface area contributed by atoms with Gasteiger partial charge in [-0.05, 0) is 18.9 Å². The number of alkyl halides is 2. The van der Waals surface area contributed by atoms with E-state index in [-0.39, 0.29) is 5.56 Å². The molecule has 0 aliphatic heterocycles. The molecule has 1 aromatic carbocycles. The number of unbranched alkanes of at least 4 members (excludes halogenated alkanes) is 2. The predicted octanol–water partition coefficient (Wildman–Crippen LogP) is 4.68. The van der Waals surface area contributed by atoms with Crippen molar-refractivity contribution in [3.63, 3.8) is 0 Å². The standard InChI is InChI=1S/C15H23F2N/c1-3-4-5-6-12(2)18-11-13-7-9-14(10-8-13)15(16)17/h7-10,12,15,18H,3-6,11H2,1-2H3. The Morgan fingerprint density at radius 3 is 2.33 bits per heavy atom. The molecule has 0 radical (unpaired) electrons. The Balaban J connectivity index is 2.30. The Kier molecular flexibility index (Phi) is 6.88. The number of rotatable bonds is 8. The van der Waals surface area contributed by atoms with Crippen molar-refractivity contribution in [1.82, 2.24) is 5.32 Å². The van der Waals surface area contributed by atoms with Gasteiger partial charge in [-0.1, -0.05) is 50.5 Å². The van der Waals surface area contributed by atoms with E-state index >= 15 is 0 Å². The summed E-state index contributed by atoms with van der Waals surface area (Å²) in [5.74, 6) is 0. The lowest BCUT2D eigenvalue weighted by molar-refractivity contribution is 0.151. The summed E-state index contributed by atoms with van der Waals surface area (Å²) < 4.78 is 24.7. The summed E-state index contributed by atoms with van der Waals surface area (Å²) in [4.78, 5) is 0. The zero-order valence-corrected chi connectivity index (χ0v) is 11.3. The second kappa shape index (κ2) is 8.20. The molecule has 1 rings (SSSR count). The van der Waals surface area contributed by atoms with E-state index < -0.39 is 6.43 Å². The lowest BCUT2D eigenvalue weighted by Gasteiger charge is -2.13. The van der Waals surface area contributed by atoms with E-state index in [0.29, 0.717) is 6.04 Å². The molecule has 0 aromatic heterocycles. The first-order chi connectivity index (χ1) is 8.63. The Bertz CT molecular complexity index is 322. The quantitative estimate of drug-likeness (QED) is 0.665. The maximum Gasteiger partial charge on any atom is 0.263 e. The van der Waals surface area contributed by atoms with E-state index in [1.165, 1.54) is 37.8 Å². The van der Waals surface area contributed by atoms with E-state index in [9.17, 15) is 8.78 Å². The maximum absolute atomic E-state index is 12.4. The number of nitrogens with one attached hydrogen (secondary N) is 1. The van der Waals surface area contributed by atoms with Gasteiger partial charge in [-0.2, -0.15) is 0 Å². The molecule has 0 aliphatic carbocycles. The van der Waals surface area contributed by atoms with Gasteiger partial charge >= 0.3 is 0 Å². The predicted molar refractivity (Wildman–Crippen MR) is 71.8 cm³/mol. The molecule has 1 atom stereocenters. The molecule has 0 heterocycles. The summed E-state index contributed by atoms with van der Waals surface area (Å²) in [5.41, 5.74) is 1.15. The van der Waals surface area contributed by atoms with Gasteiger partial charge in [0.15, 0.2) is 0 Å². The summed E-state index contributed by atoms with van der Waals surface area (Å²) in [6.07, 6.45) is 2.55. The van der Waals surface area contributed by atoms with Crippen LogP contribution in [0.4, 0.5) is 8.78 Å². The van der Waals surface area contributed by atoms with Gasteiger partial charge in [0.05, 0.1) is 0 Å². The van der Waals surface area contributed by atoms with Crippen molar-refractivity contribution in [3.8, 4) is 0 Å². The number of halogens is 2. The van der Waals surface area contributed by atoms with E-state index in [0.717, 1.165) is 12.1 Å². The van der Waals surface area contributed by atoms with Crippen LogP contribution in [0.5, 0.6) is 0 Å². The third-order valence-electron chi connectivity index (χ3n) is 3.13. The van der Waals surface area contributed by atoms with Crippen LogP contribution in [0.3, 0.4) is 0 Å². The minimum Gasteiger partial charge on any atom is -0.310 e. The van der Waals surface area contributed by atoms with Crippen LogP contribution in [0.1, 0.15) is 57.1 Å². The summed E-state index contributed by atoms with van der Waals surface area (Å²) in [6.45, 7) is 5.11. The van der Waals surface area contributed by atoms with Crippen molar-refractivity contribution in [2.45, 2.75) is 58.5 Å². The molecule has 0 amide bonds. The monoisotopic (exact) mass is 255 g/mol. The van der Waals surface area contributed by atoms with Crippen LogP contribution in [-0.4, -0.2) is 6.04 Å². The molecule has 0 saturated heterocycles. The molecular formula is C15H23F2N. The van der Waals surface area contributed by atoms with E-state index in [2.05, 4.69) is 19.2 Å². The van der Waals surface area contributed by atoms with Gasteiger partial charge in [-0.25, -0.2) is 8.78 Å². The topological polar surface area (TPSA) is 12.0 Å². The van der Waals surface area contributed by atoms with Crippen molar-refractivity contribution in [2.24, 2.45) is 0 Å². The molecule has 1 N–H and O–H groups in total. The van der Waals surface area contributed by atoms with Gasteiger partial charge in [0, 0.05) is 18.2 Å². The minimum atomic E-state index is -2.38. The van der Waals surface area contributed by atoms with Gasteiger partial charge in [0.25, 0.3) is 6.43 Å². The highest BCUT2D eigenvalue weighted by Gasteiger charge is 2.06. The first kappa shape index (κ1) is 15.1. The molecule has 1 nitrogen and oxygen atoms in total. The van der Waals surface area contributed by atoms with Crippen molar-refractivity contribution < 1.29 is 8.78 Å². The maximum atomic E-state index is 12.4. The molecule has 3 heteroatoms. The van der Waals surface area contributed by atoms with Gasteiger partial charge in [-0.3, -0.25) is 0 Å². The fourth-order valence-corrected chi connectivity index (χ4v) is 1.88. The van der Waals surface area contributed by atoms with E-state index in [1.807, 2.05) is 0 Å². The summed E-state index contributed by atoms with van der Waals surface area (Å²) in [5, 5.41) is 3.42. The zero-order chi connectivity index (χ0) is 13.4. The second-order valence-electron chi connectivity index (χ2n) is 4.82. The highest BCUT2D eigenvalue weighted by molar-refractivity contribution is 5.23. The Morgan fingerprint density at radius 2 is 1.78 bits per heavy atom. The smallest absolute Gasteiger partial charge is 0.263 e. The van der Waals surface area contributed by atoms with Crippen molar-refractivity contribution in [3.05, 3.63) is 35.4 Å². The third-order valence-corrected chi connectivity index (χ3v) is 3.13. The highest BCUT2D eigenvalue weighted by Crippen LogP contribution is 2.18. The fraction of sp³-hybridized carbons (Fsp3) is 0.600. The van der Waals surface area contributed by atoms with Crippen LogP contribution >= 0.6 is 0 Å². The minimum absolute atomic E-state index is 0.0924. The average Bonchev–Trinajstić information content (AvgIpc) is 2.37. The summed E-state index contributed by atoms with van der Waals surface area (Å²) in [7, 11) is 0. The first-order valence-electron chi connectivity index (χ1n) is 6.73. The van der Waals surface area contributed by atoms with Crippen LogP contribution in [0, 0.1) is 0 Å². The molecule has 0 spiro atoms. The van der Waals surface area contributed by atoms with Crippen LogP contribution in [0.25, 0.3) is 0 Å². The van der Waals surface area contributed by atoms with Crippen LogP contribution in [0.2, 0.25) is 0 Å². The SMILES string of the molecule is CCCCCC(C)NCc1ccc(C(F)F)cc1. The van der Waals surface area contributed by atoms with Crippen LogP contribution < -0.4 is 5.32 Å². The molecule has 1 unspecified atom stereocenters. The number of benzene rings is 1. The zero-order valence-electron chi connectivity index (χ0n) is 11.3. The number of hydrogen-bond donors (Lipinski definition) is 1. The lowest BCUT2D eigenvalue weighted by atomic mass is 10.1. The van der Waals surface area contributed by atoms with Crippen molar-refractivity contribution >= 4 is 0 Å². The van der Waals surface area contributed by atoms with Gasteiger partial charge in [-0.15, -0.1) is 0 Å². The van der Waals surface area contributed by atoms with Crippen LogP contribution in [0.15, 0.2) is 24.3 Å². The fourth-order valence-electron chi connectivity index (χ4n) is 1.88. The number of hydrogen-bond acceptors (Lipinski definition) is 1. The Labute approximate surface area is 109 Å². The van der Waals surface area contributed by atoms with Crippen LogP contribution in [-0.2, 0) is 6.54 Å².